The molecule has 0 aliphatic carbocycles. The van der Waals surface area contributed by atoms with Gasteiger partial charge >= 0.3 is 0 Å². The van der Waals surface area contributed by atoms with Gasteiger partial charge in [-0.2, -0.15) is 0 Å². The second-order valence-corrected chi connectivity index (χ2v) is 6.19. The monoisotopic (exact) mass is 337 g/mol. The number of rotatable bonds is 5. The molecule has 1 heterocycles. The molecule has 0 aromatic heterocycles. The van der Waals surface area contributed by atoms with Gasteiger partial charge in [-0.05, 0) is 37.0 Å². The number of nitrogens with zero attached hydrogens (tertiary/aromatic N) is 1. The number of amides is 2. The summed E-state index contributed by atoms with van der Waals surface area (Å²) in [6.45, 7) is 1.55. The van der Waals surface area contributed by atoms with Crippen LogP contribution in [-0.4, -0.2) is 29.8 Å². The van der Waals surface area contributed by atoms with E-state index in [9.17, 15) is 9.59 Å². The summed E-state index contributed by atoms with van der Waals surface area (Å²) >= 11 is 0. The summed E-state index contributed by atoms with van der Waals surface area (Å²) in [6, 6.07) is 17.9. The second-order valence-electron chi connectivity index (χ2n) is 6.19. The minimum atomic E-state index is -0.591. The van der Waals surface area contributed by atoms with Crippen LogP contribution < -0.4 is 10.9 Å². The van der Waals surface area contributed by atoms with E-state index < -0.39 is 6.04 Å². The van der Waals surface area contributed by atoms with Crippen LogP contribution >= 0.6 is 0 Å². The molecule has 25 heavy (non-hydrogen) atoms. The smallest absolute Gasteiger partial charge is 0.265 e. The Morgan fingerprint density at radius 3 is 2.08 bits per heavy atom. The fourth-order valence-electron chi connectivity index (χ4n) is 3.03. The number of hydrogen-bond donors (Lipinski definition) is 2. The Hall–Kier alpha value is -2.66. The molecular formula is C20H23N3O2. The molecule has 0 radical (unpaired) electrons. The average Bonchev–Trinajstić information content (AvgIpc) is 2.70. The molecule has 1 atom stereocenters. The maximum atomic E-state index is 13.0. The van der Waals surface area contributed by atoms with E-state index in [1.807, 2.05) is 53.4 Å². The minimum Gasteiger partial charge on any atom is -0.341 e. The number of benzene rings is 2. The lowest BCUT2D eigenvalue weighted by Crippen LogP contribution is -2.48. The van der Waals surface area contributed by atoms with Crippen molar-refractivity contribution in [1.29, 1.82) is 0 Å². The van der Waals surface area contributed by atoms with Gasteiger partial charge in [0.2, 0.25) is 5.91 Å². The number of hydrogen-bond acceptors (Lipinski definition) is 3. The molecule has 2 N–H and O–H groups in total. The van der Waals surface area contributed by atoms with E-state index in [1.54, 1.807) is 12.1 Å². The van der Waals surface area contributed by atoms with Gasteiger partial charge in [0, 0.05) is 18.7 Å². The quantitative estimate of drug-likeness (QED) is 0.825. The van der Waals surface area contributed by atoms with Gasteiger partial charge in [-0.15, -0.1) is 0 Å². The number of piperidine rings is 1. The zero-order chi connectivity index (χ0) is 17.5. The molecule has 1 aliphatic rings. The SMILES string of the molecule is O=C(NNC(C(=O)N1CCCCC1)c1ccccc1)c1ccccc1. The molecule has 0 spiro atoms. The Morgan fingerprint density at radius 2 is 1.44 bits per heavy atom. The van der Waals surface area contributed by atoms with E-state index >= 15 is 0 Å². The van der Waals surface area contributed by atoms with Crippen LogP contribution in [0.15, 0.2) is 60.7 Å². The molecule has 0 bridgehead atoms. The highest BCUT2D eigenvalue weighted by molar-refractivity contribution is 5.94. The van der Waals surface area contributed by atoms with Crippen molar-refractivity contribution in [1.82, 2.24) is 15.8 Å². The molecule has 0 saturated carbocycles. The Bertz CT molecular complexity index is 697. The van der Waals surface area contributed by atoms with Gasteiger partial charge in [0.25, 0.3) is 5.91 Å². The standard InChI is InChI=1S/C20H23N3O2/c24-19(17-12-6-2-7-13-17)22-21-18(16-10-4-1-5-11-16)20(25)23-14-8-3-9-15-23/h1-2,4-7,10-13,18,21H,3,8-9,14-15H2,(H,22,24). The van der Waals surface area contributed by atoms with Crippen molar-refractivity contribution in [2.24, 2.45) is 0 Å². The van der Waals surface area contributed by atoms with Gasteiger partial charge in [-0.1, -0.05) is 48.5 Å². The van der Waals surface area contributed by atoms with Crippen LogP contribution in [0.25, 0.3) is 0 Å². The third-order valence-electron chi connectivity index (χ3n) is 4.41. The molecule has 1 aliphatic heterocycles. The van der Waals surface area contributed by atoms with Gasteiger partial charge in [0.05, 0.1) is 0 Å². The number of nitrogens with one attached hydrogen (secondary N) is 2. The third-order valence-corrected chi connectivity index (χ3v) is 4.41. The van der Waals surface area contributed by atoms with Crippen molar-refractivity contribution >= 4 is 11.8 Å². The van der Waals surface area contributed by atoms with Crippen LogP contribution in [0.3, 0.4) is 0 Å². The van der Waals surface area contributed by atoms with Gasteiger partial charge < -0.3 is 4.90 Å². The molecule has 130 valence electrons. The Labute approximate surface area is 148 Å². The van der Waals surface area contributed by atoms with Gasteiger partial charge in [0.15, 0.2) is 0 Å². The number of carbonyl (C=O) groups excluding carboxylic acids is 2. The molecule has 5 nitrogen and oxygen atoms in total. The summed E-state index contributed by atoms with van der Waals surface area (Å²) in [5.74, 6) is -0.257. The lowest BCUT2D eigenvalue weighted by molar-refractivity contribution is -0.134. The maximum Gasteiger partial charge on any atom is 0.265 e. The van der Waals surface area contributed by atoms with Crippen LogP contribution in [0.4, 0.5) is 0 Å². The summed E-state index contributed by atoms with van der Waals surface area (Å²) in [5.41, 5.74) is 7.01. The first-order chi connectivity index (χ1) is 12.3. The van der Waals surface area contributed by atoms with Gasteiger partial charge in [-0.3, -0.25) is 15.0 Å². The van der Waals surface area contributed by atoms with Crippen LogP contribution in [0.1, 0.15) is 41.2 Å². The fraction of sp³-hybridized carbons (Fsp3) is 0.300. The van der Waals surface area contributed by atoms with Gasteiger partial charge in [-0.25, -0.2) is 5.43 Å². The lowest BCUT2D eigenvalue weighted by atomic mass is 10.0. The highest BCUT2D eigenvalue weighted by Gasteiger charge is 2.27. The third kappa shape index (κ3) is 4.45. The highest BCUT2D eigenvalue weighted by Crippen LogP contribution is 2.18. The Morgan fingerprint density at radius 1 is 0.840 bits per heavy atom. The van der Waals surface area contributed by atoms with Crippen molar-refractivity contribution < 1.29 is 9.59 Å². The van der Waals surface area contributed by atoms with E-state index in [-0.39, 0.29) is 11.8 Å². The van der Waals surface area contributed by atoms with Crippen LogP contribution in [0.5, 0.6) is 0 Å². The molecule has 5 heteroatoms. The zero-order valence-corrected chi connectivity index (χ0v) is 14.2. The van der Waals surface area contributed by atoms with Crippen molar-refractivity contribution in [3.63, 3.8) is 0 Å². The summed E-state index contributed by atoms with van der Waals surface area (Å²) in [6.07, 6.45) is 3.23. The lowest BCUT2D eigenvalue weighted by Gasteiger charge is -2.31. The summed E-state index contributed by atoms with van der Waals surface area (Å²) < 4.78 is 0. The van der Waals surface area contributed by atoms with Crippen LogP contribution in [-0.2, 0) is 4.79 Å². The first-order valence-corrected chi connectivity index (χ1v) is 8.70. The summed E-state index contributed by atoms with van der Waals surface area (Å²) in [7, 11) is 0. The van der Waals surface area contributed by atoms with E-state index in [2.05, 4.69) is 10.9 Å². The number of hydrazine groups is 1. The van der Waals surface area contributed by atoms with Gasteiger partial charge in [0.1, 0.15) is 6.04 Å². The Kier molecular flexibility index (Phi) is 5.80. The highest BCUT2D eigenvalue weighted by atomic mass is 16.2. The van der Waals surface area contributed by atoms with Crippen molar-refractivity contribution in [2.45, 2.75) is 25.3 Å². The van der Waals surface area contributed by atoms with E-state index in [0.717, 1.165) is 37.9 Å². The first-order valence-electron chi connectivity index (χ1n) is 8.70. The first kappa shape index (κ1) is 17.2. The molecule has 1 saturated heterocycles. The number of likely N-dealkylation sites (tertiary alicyclic amines) is 1. The van der Waals surface area contributed by atoms with E-state index in [1.165, 1.54) is 0 Å². The zero-order valence-electron chi connectivity index (χ0n) is 14.2. The molecular weight excluding hydrogens is 314 g/mol. The molecule has 2 aromatic carbocycles. The molecule has 2 aromatic rings. The largest absolute Gasteiger partial charge is 0.341 e. The van der Waals surface area contributed by atoms with Crippen molar-refractivity contribution in [3.05, 3.63) is 71.8 Å². The fourth-order valence-corrected chi connectivity index (χ4v) is 3.03. The minimum absolute atomic E-state index is 0.000684. The topological polar surface area (TPSA) is 61.4 Å². The molecule has 2 amide bonds. The average molecular weight is 337 g/mol. The predicted octanol–water partition coefficient (Wildman–Crippen LogP) is 2.67. The normalized spacial score (nSPS) is 15.4. The molecule has 1 unspecified atom stereocenters. The summed E-state index contributed by atoms with van der Waals surface area (Å²) in [4.78, 5) is 27.1. The molecule has 1 fully saturated rings. The van der Waals surface area contributed by atoms with Crippen LogP contribution in [0.2, 0.25) is 0 Å². The second kappa shape index (κ2) is 8.44. The van der Waals surface area contributed by atoms with E-state index in [4.69, 9.17) is 0 Å². The van der Waals surface area contributed by atoms with Crippen molar-refractivity contribution in [3.8, 4) is 0 Å². The summed E-state index contributed by atoms with van der Waals surface area (Å²) in [5, 5.41) is 0. The Balaban J connectivity index is 1.72. The number of carbonyl (C=O) groups is 2. The predicted molar refractivity (Wildman–Crippen MR) is 96.7 cm³/mol. The molecule has 3 rings (SSSR count). The maximum absolute atomic E-state index is 13.0. The van der Waals surface area contributed by atoms with Crippen molar-refractivity contribution in [2.75, 3.05) is 13.1 Å². The van der Waals surface area contributed by atoms with Crippen LogP contribution in [0, 0.1) is 0 Å². The van der Waals surface area contributed by atoms with E-state index in [0.29, 0.717) is 5.56 Å².